The first-order chi connectivity index (χ1) is 8.71. The van der Waals surface area contributed by atoms with Crippen LogP contribution in [-0.2, 0) is 12.8 Å². The van der Waals surface area contributed by atoms with Gasteiger partial charge in [-0.1, -0.05) is 35.0 Å². The van der Waals surface area contributed by atoms with Gasteiger partial charge >= 0.3 is 0 Å². The number of halogens is 1. The van der Waals surface area contributed by atoms with E-state index in [0.29, 0.717) is 0 Å². The molecule has 0 aliphatic rings. The number of nitrogens with zero attached hydrogens (tertiary/aromatic N) is 2. The predicted molar refractivity (Wildman–Crippen MR) is 77.9 cm³/mol. The lowest BCUT2D eigenvalue weighted by Gasteiger charge is -2.07. The van der Waals surface area contributed by atoms with Crippen LogP contribution >= 0.6 is 15.9 Å². The average molecular weight is 306 g/mol. The van der Waals surface area contributed by atoms with E-state index in [2.05, 4.69) is 50.3 Å². The lowest BCUT2D eigenvalue weighted by Crippen LogP contribution is -2.04. The monoisotopic (exact) mass is 305 g/mol. The summed E-state index contributed by atoms with van der Waals surface area (Å²) in [4.78, 5) is 9.04. The third kappa shape index (κ3) is 3.29. The Hall–Kier alpha value is -1.42. The maximum atomic E-state index is 4.55. The SMILES string of the molecule is CCc1cc(NC)nc(Cc2ccc(Br)cc2)n1. The Morgan fingerprint density at radius 3 is 2.50 bits per heavy atom. The number of rotatable bonds is 4. The molecule has 4 heteroatoms. The summed E-state index contributed by atoms with van der Waals surface area (Å²) in [5.74, 6) is 1.75. The lowest BCUT2D eigenvalue weighted by atomic mass is 10.1. The Bertz CT molecular complexity index is 501. The maximum Gasteiger partial charge on any atom is 0.135 e. The quantitative estimate of drug-likeness (QED) is 0.940. The standard InChI is InChI=1S/C14H16BrN3/c1-3-12-9-13(16-2)18-14(17-12)8-10-4-6-11(15)7-5-10/h4-7,9H,3,8H2,1-2H3,(H,16,17,18). The van der Waals surface area contributed by atoms with Crippen molar-refractivity contribution in [1.29, 1.82) is 0 Å². The van der Waals surface area contributed by atoms with Crippen LogP contribution < -0.4 is 5.32 Å². The zero-order valence-corrected chi connectivity index (χ0v) is 12.2. The number of anilines is 1. The normalized spacial score (nSPS) is 10.4. The van der Waals surface area contributed by atoms with Crippen LogP contribution in [0.4, 0.5) is 5.82 Å². The van der Waals surface area contributed by atoms with Gasteiger partial charge in [0.25, 0.3) is 0 Å². The van der Waals surface area contributed by atoms with Crippen LogP contribution in [0, 0.1) is 0 Å². The van der Waals surface area contributed by atoms with Crippen LogP contribution in [0.15, 0.2) is 34.8 Å². The van der Waals surface area contributed by atoms with E-state index >= 15 is 0 Å². The molecular formula is C14H16BrN3. The molecule has 0 aliphatic heterocycles. The molecule has 0 aliphatic carbocycles. The first kappa shape index (κ1) is 13.0. The number of nitrogens with one attached hydrogen (secondary N) is 1. The van der Waals surface area contributed by atoms with Crippen LogP contribution in [-0.4, -0.2) is 17.0 Å². The number of aromatic nitrogens is 2. The zero-order chi connectivity index (χ0) is 13.0. The number of hydrogen-bond donors (Lipinski definition) is 1. The minimum absolute atomic E-state index is 0.760. The van der Waals surface area contributed by atoms with Crippen LogP contribution in [0.5, 0.6) is 0 Å². The van der Waals surface area contributed by atoms with Crippen molar-refractivity contribution in [2.45, 2.75) is 19.8 Å². The number of aryl methyl sites for hydroxylation is 1. The molecule has 0 saturated heterocycles. The Balaban J connectivity index is 2.25. The van der Waals surface area contributed by atoms with E-state index in [4.69, 9.17) is 0 Å². The van der Waals surface area contributed by atoms with Gasteiger partial charge in [0, 0.05) is 29.7 Å². The molecule has 0 radical (unpaired) electrons. The molecule has 0 saturated carbocycles. The summed E-state index contributed by atoms with van der Waals surface area (Å²) in [6.07, 6.45) is 1.68. The second-order valence-corrected chi connectivity index (χ2v) is 4.98. The van der Waals surface area contributed by atoms with Gasteiger partial charge < -0.3 is 5.32 Å². The third-order valence-electron chi connectivity index (χ3n) is 2.72. The Labute approximate surface area is 116 Å². The van der Waals surface area contributed by atoms with Crippen molar-refractivity contribution in [1.82, 2.24) is 9.97 Å². The minimum atomic E-state index is 0.760. The van der Waals surface area contributed by atoms with E-state index in [1.54, 1.807) is 0 Å². The molecule has 2 aromatic rings. The van der Waals surface area contributed by atoms with Crippen LogP contribution in [0.2, 0.25) is 0 Å². The van der Waals surface area contributed by atoms with Crippen molar-refractivity contribution in [3.8, 4) is 0 Å². The Morgan fingerprint density at radius 2 is 1.89 bits per heavy atom. The molecule has 1 heterocycles. The summed E-state index contributed by atoms with van der Waals surface area (Å²) in [6, 6.07) is 10.2. The van der Waals surface area contributed by atoms with Gasteiger partial charge in [0.15, 0.2) is 0 Å². The third-order valence-corrected chi connectivity index (χ3v) is 3.25. The molecular weight excluding hydrogens is 290 g/mol. The van der Waals surface area contributed by atoms with Crippen molar-refractivity contribution in [2.24, 2.45) is 0 Å². The zero-order valence-electron chi connectivity index (χ0n) is 10.6. The van der Waals surface area contributed by atoms with Gasteiger partial charge in [-0.3, -0.25) is 0 Å². The van der Waals surface area contributed by atoms with Gasteiger partial charge in [-0.25, -0.2) is 9.97 Å². The molecule has 1 N–H and O–H groups in total. The molecule has 0 fully saturated rings. The highest BCUT2D eigenvalue weighted by Gasteiger charge is 2.04. The highest BCUT2D eigenvalue weighted by molar-refractivity contribution is 9.10. The molecule has 0 amide bonds. The molecule has 1 aromatic heterocycles. The minimum Gasteiger partial charge on any atom is -0.373 e. The van der Waals surface area contributed by atoms with Crippen molar-refractivity contribution in [3.63, 3.8) is 0 Å². The number of benzene rings is 1. The fourth-order valence-electron chi connectivity index (χ4n) is 1.73. The average Bonchev–Trinajstić information content (AvgIpc) is 2.41. The summed E-state index contributed by atoms with van der Waals surface area (Å²) >= 11 is 3.44. The highest BCUT2D eigenvalue weighted by Crippen LogP contribution is 2.14. The van der Waals surface area contributed by atoms with Crippen molar-refractivity contribution < 1.29 is 0 Å². The lowest BCUT2D eigenvalue weighted by molar-refractivity contribution is 0.907. The Morgan fingerprint density at radius 1 is 1.17 bits per heavy atom. The largest absolute Gasteiger partial charge is 0.373 e. The molecule has 94 valence electrons. The van der Waals surface area contributed by atoms with Crippen molar-refractivity contribution in [3.05, 3.63) is 51.9 Å². The molecule has 0 bridgehead atoms. The summed E-state index contributed by atoms with van der Waals surface area (Å²) < 4.78 is 1.09. The van der Waals surface area contributed by atoms with Gasteiger partial charge in [-0.05, 0) is 24.1 Å². The van der Waals surface area contributed by atoms with Crippen molar-refractivity contribution >= 4 is 21.7 Å². The first-order valence-corrected chi connectivity index (χ1v) is 6.79. The highest BCUT2D eigenvalue weighted by atomic mass is 79.9. The van der Waals surface area contributed by atoms with E-state index in [1.807, 2.05) is 25.2 Å². The Kier molecular flexibility index (Phi) is 4.31. The predicted octanol–water partition coefficient (Wildman–Crippen LogP) is 3.43. The molecule has 3 nitrogen and oxygen atoms in total. The molecule has 1 aromatic carbocycles. The second-order valence-electron chi connectivity index (χ2n) is 4.07. The van der Waals surface area contributed by atoms with E-state index < -0.39 is 0 Å². The molecule has 0 spiro atoms. The summed E-state index contributed by atoms with van der Waals surface area (Å²) in [5, 5.41) is 3.08. The fraction of sp³-hybridized carbons (Fsp3) is 0.286. The van der Waals surface area contributed by atoms with Crippen molar-refractivity contribution in [2.75, 3.05) is 12.4 Å². The van der Waals surface area contributed by atoms with E-state index in [-0.39, 0.29) is 0 Å². The number of hydrogen-bond acceptors (Lipinski definition) is 3. The molecule has 0 atom stereocenters. The maximum absolute atomic E-state index is 4.55. The van der Waals surface area contributed by atoms with Gasteiger partial charge in [0.05, 0.1) is 0 Å². The van der Waals surface area contributed by atoms with Gasteiger partial charge in [-0.15, -0.1) is 0 Å². The van der Waals surface area contributed by atoms with E-state index in [0.717, 1.165) is 34.7 Å². The molecule has 2 rings (SSSR count). The molecule has 0 unspecified atom stereocenters. The smallest absolute Gasteiger partial charge is 0.135 e. The van der Waals surface area contributed by atoms with Gasteiger partial charge in [0.2, 0.25) is 0 Å². The van der Waals surface area contributed by atoms with Gasteiger partial charge in [0.1, 0.15) is 11.6 Å². The van der Waals surface area contributed by atoms with Crippen LogP contribution in [0.3, 0.4) is 0 Å². The van der Waals surface area contributed by atoms with E-state index in [1.165, 1.54) is 5.56 Å². The van der Waals surface area contributed by atoms with E-state index in [9.17, 15) is 0 Å². The molecule has 18 heavy (non-hydrogen) atoms. The first-order valence-electron chi connectivity index (χ1n) is 6.00. The fourth-order valence-corrected chi connectivity index (χ4v) is 1.99. The van der Waals surface area contributed by atoms with Crippen LogP contribution in [0.1, 0.15) is 24.0 Å². The summed E-state index contributed by atoms with van der Waals surface area (Å²) in [7, 11) is 1.88. The topological polar surface area (TPSA) is 37.8 Å². The summed E-state index contributed by atoms with van der Waals surface area (Å²) in [5.41, 5.74) is 2.29. The van der Waals surface area contributed by atoms with Gasteiger partial charge in [-0.2, -0.15) is 0 Å². The summed E-state index contributed by atoms with van der Waals surface area (Å²) in [6.45, 7) is 2.10. The van der Waals surface area contributed by atoms with Crippen LogP contribution in [0.25, 0.3) is 0 Å². The second kappa shape index (κ2) is 5.96.